The van der Waals surface area contributed by atoms with Gasteiger partial charge in [0.1, 0.15) is 11.8 Å². The van der Waals surface area contributed by atoms with Gasteiger partial charge in [-0.25, -0.2) is 20.0 Å². The fourth-order valence-corrected chi connectivity index (χ4v) is 2.11. The van der Waals surface area contributed by atoms with Crippen LogP contribution in [-0.2, 0) is 11.4 Å². The molecule has 0 atom stereocenters. The van der Waals surface area contributed by atoms with Gasteiger partial charge in [-0.15, -0.1) is 0 Å². The standard InChI is InChI=1S/C15H17N5O2/c21-8-4-7-20(22-9-12-5-2-1-3-6-12)15-13-14(17-10-16-13)18-11-19-15/h1-3,5-6,10-11,21H,4,7-9H2,(H,16,17,18,19). The van der Waals surface area contributed by atoms with Crippen LogP contribution in [0.15, 0.2) is 43.0 Å². The average Bonchev–Trinajstić information content (AvgIpc) is 3.05. The summed E-state index contributed by atoms with van der Waals surface area (Å²) in [6.45, 7) is 1.03. The van der Waals surface area contributed by atoms with Gasteiger partial charge in [0.25, 0.3) is 0 Å². The quantitative estimate of drug-likeness (QED) is 0.645. The molecule has 0 unspecified atom stereocenters. The summed E-state index contributed by atoms with van der Waals surface area (Å²) in [5, 5.41) is 10.8. The van der Waals surface area contributed by atoms with Gasteiger partial charge in [0.2, 0.25) is 0 Å². The number of aliphatic hydroxyl groups is 1. The molecular formula is C15H17N5O2. The zero-order valence-electron chi connectivity index (χ0n) is 12.0. The van der Waals surface area contributed by atoms with E-state index in [0.717, 1.165) is 5.56 Å². The number of imidazole rings is 1. The largest absolute Gasteiger partial charge is 0.396 e. The Morgan fingerprint density at radius 2 is 2.00 bits per heavy atom. The van der Waals surface area contributed by atoms with Gasteiger partial charge in [0, 0.05) is 13.2 Å². The van der Waals surface area contributed by atoms with Gasteiger partial charge in [-0.05, 0) is 12.0 Å². The van der Waals surface area contributed by atoms with E-state index in [4.69, 9.17) is 9.94 Å². The summed E-state index contributed by atoms with van der Waals surface area (Å²) in [5.41, 5.74) is 2.36. The lowest BCUT2D eigenvalue weighted by Crippen LogP contribution is -2.26. The van der Waals surface area contributed by atoms with E-state index in [0.29, 0.717) is 36.6 Å². The van der Waals surface area contributed by atoms with Crippen molar-refractivity contribution in [1.29, 1.82) is 0 Å². The fraction of sp³-hybridized carbons (Fsp3) is 0.267. The molecule has 114 valence electrons. The second-order valence-corrected chi connectivity index (χ2v) is 4.74. The summed E-state index contributed by atoms with van der Waals surface area (Å²) < 4.78 is 0. The predicted molar refractivity (Wildman–Crippen MR) is 82.0 cm³/mol. The Morgan fingerprint density at radius 3 is 2.82 bits per heavy atom. The SMILES string of the molecule is OCCCN(OCc1ccccc1)c1ncnc2nc[nH]c12. The minimum absolute atomic E-state index is 0.0857. The van der Waals surface area contributed by atoms with E-state index in [-0.39, 0.29) is 6.61 Å². The Morgan fingerprint density at radius 1 is 1.14 bits per heavy atom. The highest BCUT2D eigenvalue weighted by Crippen LogP contribution is 2.20. The molecule has 0 spiro atoms. The van der Waals surface area contributed by atoms with Crippen molar-refractivity contribution in [2.75, 3.05) is 18.2 Å². The lowest BCUT2D eigenvalue weighted by atomic mass is 10.2. The van der Waals surface area contributed by atoms with Crippen LogP contribution in [0.3, 0.4) is 0 Å². The highest BCUT2D eigenvalue weighted by molar-refractivity contribution is 5.82. The Labute approximate surface area is 127 Å². The molecule has 7 nitrogen and oxygen atoms in total. The smallest absolute Gasteiger partial charge is 0.182 e. The number of aromatic nitrogens is 4. The molecule has 0 aliphatic heterocycles. The third kappa shape index (κ3) is 3.21. The van der Waals surface area contributed by atoms with Gasteiger partial charge in [0.05, 0.1) is 12.9 Å². The van der Waals surface area contributed by atoms with E-state index < -0.39 is 0 Å². The van der Waals surface area contributed by atoms with Gasteiger partial charge < -0.3 is 10.1 Å². The molecule has 0 aliphatic carbocycles. The van der Waals surface area contributed by atoms with Crippen LogP contribution >= 0.6 is 0 Å². The number of nitrogens with one attached hydrogen (secondary N) is 1. The lowest BCUT2D eigenvalue weighted by molar-refractivity contribution is 0.0893. The van der Waals surface area contributed by atoms with Crippen LogP contribution in [-0.4, -0.2) is 38.2 Å². The maximum absolute atomic E-state index is 9.09. The second kappa shape index (κ2) is 6.97. The molecule has 0 amide bonds. The van der Waals surface area contributed by atoms with Crippen molar-refractivity contribution in [3.63, 3.8) is 0 Å². The van der Waals surface area contributed by atoms with Gasteiger partial charge in [-0.3, -0.25) is 4.84 Å². The average molecular weight is 299 g/mol. The number of hydrogen-bond acceptors (Lipinski definition) is 6. The normalized spacial score (nSPS) is 11.0. The first-order valence-corrected chi connectivity index (χ1v) is 7.08. The number of rotatable bonds is 7. The lowest BCUT2D eigenvalue weighted by Gasteiger charge is -2.22. The minimum Gasteiger partial charge on any atom is -0.396 e. The summed E-state index contributed by atoms with van der Waals surface area (Å²) in [5.74, 6) is 0.617. The Balaban J connectivity index is 1.81. The molecule has 2 heterocycles. The monoisotopic (exact) mass is 299 g/mol. The fourth-order valence-electron chi connectivity index (χ4n) is 2.11. The molecule has 0 radical (unpaired) electrons. The number of aromatic amines is 1. The Kier molecular flexibility index (Phi) is 4.57. The molecule has 0 saturated heterocycles. The van der Waals surface area contributed by atoms with Crippen molar-refractivity contribution in [3.05, 3.63) is 48.5 Å². The number of fused-ring (bicyclic) bond motifs is 1. The van der Waals surface area contributed by atoms with Crippen molar-refractivity contribution in [2.45, 2.75) is 13.0 Å². The first-order valence-electron chi connectivity index (χ1n) is 7.08. The molecule has 3 aromatic rings. The second-order valence-electron chi connectivity index (χ2n) is 4.74. The Hall–Kier alpha value is -2.51. The molecule has 0 aliphatic rings. The van der Waals surface area contributed by atoms with E-state index in [2.05, 4.69) is 19.9 Å². The molecule has 2 aromatic heterocycles. The summed E-state index contributed by atoms with van der Waals surface area (Å²) >= 11 is 0. The third-order valence-electron chi connectivity index (χ3n) is 3.19. The topological polar surface area (TPSA) is 87.2 Å². The zero-order valence-corrected chi connectivity index (χ0v) is 12.0. The van der Waals surface area contributed by atoms with Crippen molar-refractivity contribution >= 4 is 17.0 Å². The minimum atomic E-state index is 0.0857. The highest BCUT2D eigenvalue weighted by Gasteiger charge is 2.14. The molecule has 0 bridgehead atoms. The van der Waals surface area contributed by atoms with Crippen LogP contribution in [0, 0.1) is 0 Å². The maximum Gasteiger partial charge on any atom is 0.182 e. The number of hydroxylamine groups is 1. The first kappa shape index (κ1) is 14.4. The molecule has 0 fully saturated rings. The maximum atomic E-state index is 9.09. The Bertz CT molecular complexity index is 716. The number of aliphatic hydroxyl groups excluding tert-OH is 1. The summed E-state index contributed by atoms with van der Waals surface area (Å²) in [6.07, 6.45) is 3.61. The molecule has 1 aromatic carbocycles. The number of nitrogens with zero attached hydrogens (tertiary/aromatic N) is 4. The molecule has 2 N–H and O–H groups in total. The number of anilines is 1. The van der Waals surface area contributed by atoms with Crippen LogP contribution in [0.1, 0.15) is 12.0 Å². The predicted octanol–water partition coefficient (Wildman–Crippen LogP) is 1.67. The van der Waals surface area contributed by atoms with Crippen LogP contribution in [0.25, 0.3) is 11.2 Å². The van der Waals surface area contributed by atoms with Crippen LogP contribution in [0.5, 0.6) is 0 Å². The van der Waals surface area contributed by atoms with Gasteiger partial charge in [-0.2, -0.15) is 0 Å². The van der Waals surface area contributed by atoms with Crippen LogP contribution in [0.2, 0.25) is 0 Å². The van der Waals surface area contributed by atoms with Crippen LogP contribution in [0.4, 0.5) is 5.82 Å². The van der Waals surface area contributed by atoms with Gasteiger partial charge in [0.15, 0.2) is 11.5 Å². The van der Waals surface area contributed by atoms with Crippen molar-refractivity contribution < 1.29 is 9.94 Å². The summed E-state index contributed by atoms with van der Waals surface area (Å²) in [6, 6.07) is 9.89. The molecule has 3 rings (SSSR count). The van der Waals surface area contributed by atoms with E-state index in [1.807, 2.05) is 30.3 Å². The van der Waals surface area contributed by atoms with E-state index in [9.17, 15) is 0 Å². The number of hydrogen-bond donors (Lipinski definition) is 2. The number of benzene rings is 1. The summed E-state index contributed by atoms with van der Waals surface area (Å²) in [7, 11) is 0. The molecule has 7 heteroatoms. The molecular weight excluding hydrogens is 282 g/mol. The van der Waals surface area contributed by atoms with E-state index in [1.165, 1.54) is 6.33 Å². The van der Waals surface area contributed by atoms with Crippen molar-refractivity contribution in [2.24, 2.45) is 0 Å². The van der Waals surface area contributed by atoms with Crippen LogP contribution < -0.4 is 5.06 Å². The van der Waals surface area contributed by atoms with Crippen molar-refractivity contribution in [1.82, 2.24) is 19.9 Å². The number of H-pyrrole nitrogens is 1. The van der Waals surface area contributed by atoms with Gasteiger partial charge >= 0.3 is 0 Å². The molecule has 0 saturated carbocycles. The van der Waals surface area contributed by atoms with Gasteiger partial charge in [-0.1, -0.05) is 30.3 Å². The van der Waals surface area contributed by atoms with Crippen molar-refractivity contribution in [3.8, 4) is 0 Å². The van der Waals surface area contributed by atoms with E-state index >= 15 is 0 Å². The third-order valence-corrected chi connectivity index (χ3v) is 3.19. The zero-order chi connectivity index (χ0) is 15.2. The van der Waals surface area contributed by atoms with E-state index in [1.54, 1.807) is 11.4 Å². The first-order chi connectivity index (χ1) is 10.9. The highest BCUT2D eigenvalue weighted by atomic mass is 16.7. The molecule has 22 heavy (non-hydrogen) atoms. The summed E-state index contributed by atoms with van der Waals surface area (Å²) in [4.78, 5) is 21.4.